The van der Waals surface area contributed by atoms with Gasteiger partial charge in [-0.25, -0.2) is 0 Å². The Kier molecular flexibility index (Phi) is 5.78. The number of rotatable bonds is 6. The lowest BCUT2D eigenvalue weighted by molar-refractivity contribution is 0.0918. The summed E-state index contributed by atoms with van der Waals surface area (Å²) in [6, 6.07) is 8.64. The molecule has 0 bridgehead atoms. The van der Waals surface area contributed by atoms with Crippen LogP contribution in [0.1, 0.15) is 61.4 Å². The van der Waals surface area contributed by atoms with Crippen LogP contribution in [0.2, 0.25) is 0 Å². The second-order valence-electron chi connectivity index (χ2n) is 5.96. The molecule has 1 saturated heterocycles. The van der Waals surface area contributed by atoms with E-state index in [4.69, 9.17) is 0 Å². The summed E-state index contributed by atoms with van der Waals surface area (Å²) in [7, 11) is 0. The summed E-state index contributed by atoms with van der Waals surface area (Å²) in [5.41, 5.74) is 2.00. The zero-order valence-electron chi connectivity index (χ0n) is 12.9. The fraction of sp³-hybridized carbons (Fsp3) is 0.611. The third-order valence-electron chi connectivity index (χ3n) is 4.44. The standard InChI is InChI=1S/C18H27NO/c1-3-8-16-10-6-7-13-19(16)14-12-18(20)17-11-5-4-9-15(17)2/h4-5,9,11,16H,3,6-8,10,12-14H2,1-2H3. The van der Waals surface area contributed by atoms with Gasteiger partial charge in [0.15, 0.2) is 5.78 Å². The maximum Gasteiger partial charge on any atom is 0.164 e. The molecule has 1 aliphatic rings. The molecule has 2 nitrogen and oxygen atoms in total. The lowest BCUT2D eigenvalue weighted by atomic mass is 9.97. The highest BCUT2D eigenvalue weighted by atomic mass is 16.1. The Morgan fingerprint density at radius 3 is 2.85 bits per heavy atom. The number of carbonyl (C=O) groups is 1. The van der Waals surface area contributed by atoms with E-state index in [2.05, 4.69) is 11.8 Å². The van der Waals surface area contributed by atoms with Crippen LogP contribution < -0.4 is 0 Å². The summed E-state index contributed by atoms with van der Waals surface area (Å²) in [5, 5.41) is 0. The van der Waals surface area contributed by atoms with Gasteiger partial charge in [0.05, 0.1) is 0 Å². The molecule has 20 heavy (non-hydrogen) atoms. The molecule has 1 heterocycles. The van der Waals surface area contributed by atoms with Crippen molar-refractivity contribution in [1.82, 2.24) is 4.90 Å². The smallest absolute Gasteiger partial charge is 0.164 e. The largest absolute Gasteiger partial charge is 0.300 e. The Bertz CT molecular complexity index is 439. The van der Waals surface area contributed by atoms with Gasteiger partial charge in [-0.2, -0.15) is 0 Å². The molecule has 1 aromatic carbocycles. The van der Waals surface area contributed by atoms with Crippen molar-refractivity contribution in [3.63, 3.8) is 0 Å². The number of piperidine rings is 1. The number of hydrogen-bond acceptors (Lipinski definition) is 2. The molecule has 0 spiro atoms. The summed E-state index contributed by atoms with van der Waals surface area (Å²) in [6.07, 6.45) is 7.13. The Labute approximate surface area is 123 Å². The molecule has 1 aromatic rings. The minimum absolute atomic E-state index is 0.295. The van der Waals surface area contributed by atoms with Gasteiger partial charge in [0.1, 0.15) is 0 Å². The molecule has 1 unspecified atom stereocenters. The van der Waals surface area contributed by atoms with Crippen molar-refractivity contribution in [3.8, 4) is 0 Å². The summed E-state index contributed by atoms with van der Waals surface area (Å²) in [5.74, 6) is 0.295. The molecular weight excluding hydrogens is 246 g/mol. The van der Waals surface area contributed by atoms with Crippen LogP contribution in [0.5, 0.6) is 0 Å². The van der Waals surface area contributed by atoms with Gasteiger partial charge in [0, 0.05) is 24.6 Å². The van der Waals surface area contributed by atoms with E-state index >= 15 is 0 Å². The van der Waals surface area contributed by atoms with Gasteiger partial charge < -0.3 is 0 Å². The van der Waals surface area contributed by atoms with Gasteiger partial charge in [0.25, 0.3) is 0 Å². The predicted molar refractivity (Wildman–Crippen MR) is 84.2 cm³/mol. The van der Waals surface area contributed by atoms with Crippen LogP contribution in [0.3, 0.4) is 0 Å². The topological polar surface area (TPSA) is 20.3 Å². The van der Waals surface area contributed by atoms with Crippen molar-refractivity contribution in [1.29, 1.82) is 0 Å². The second-order valence-corrected chi connectivity index (χ2v) is 5.96. The van der Waals surface area contributed by atoms with E-state index in [1.54, 1.807) is 0 Å². The molecule has 0 saturated carbocycles. The maximum absolute atomic E-state index is 12.3. The normalized spacial score (nSPS) is 20.0. The molecule has 0 aliphatic carbocycles. The van der Waals surface area contributed by atoms with Crippen LogP contribution in [0, 0.1) is 6.92 Å². The van der Waals surface area contributed by atoms with Crippen LogP contribution in [0.15, 0.2) is 24.3 Å². The number of Topliss-reactive ketones (excluding diaryl/α,β-unsaturated/α-hetero) is 1. The zero-order chi connectivity index (χ0) is 14.4. The van der Waals surface area contributed by atoms with Crippen LogP contribution in [-0.4, -0.2) is 29.8 Å². The highest BCUT2D eigenvalue weighted by Crippen LogP contribution is 2.21. The molecule has 1 fully saturated rings. The van der Waals surface area contributed by atoms with E-state index in [1.165, 1.54) is 38.6 Å². The first-order valence-corrected chi connectivity index (χ1v) is 8.05. The maximum atomic E-state index is 12.3. The first kappa shape index (κ1) is 15.2. The first-order chi connectivity index (χ1) is 9.72. The van der Waals surface area contributed by atoms with E-state index in [-0.39, 0.29) is 0 Å². The molecule has 0 amide bonds. The second kappa shape index (κ2) is 7.58. The number of nitrogens with zero attached hydrogens (tertiary/aromatic N) is 1. The monoisotopic (exact) mass is 273 g/mol. The number of carbonyl (C=O) groups excluding carboxylic acids is 1. The third kappa shape index (κ3) is 3.92. The summed E-state index contributed by atoms with van der Waals surface area (Å²) in [4.78, 5) is 14.9. The highest BCUT2D eigenvalue weighted by Gasteiger charge is 2.22. The molecule has 1 aliphatic heterocycles. The highest BCUT2D eigenvalue weighted by molar-refractivity contribution is 5.97. The first-order valence-electron chi connectivity index (χ1n) is 8.05. The van der Waals surface area contributed by atoms with E-state index in [9.17, 15) is 4.79 Å². The van der Waals surface area contributed by atoms with Crippen molar-refractivity contribution in [2.24, 2.45) is 0 Å². The summed E-state index contributed by atoms with van der Waals surface area (Å²) < 4.78 is 0. The van der Waals surface area contributed by atoms with E-state index in [0.29, 0.717) is 18.2 Å². The number of benzene rings is 1. The Morgan fingerprint density at radius 2 is 2.10 bits per heavy atom. The van der Waals surface area contributed by atoms with Gasteiger partial charge in [-0.05, 0) is 38.3 Å². The Balaban J connectivity index is 1.90. The lowest BCUT2D eigenvalue weighted by Gasteiger charge is -2.35. The van der Waals surface area contributed by atoms with Gasteiger partial charge in [-0.1, -0.05) is 44.0 Å². The number of likely N-dealkylation sites (tertiary alicyclic amines) is 1. The van der Waals surface area contributed by atoms with E-state index in [0.717, 1.165) is 17.7 Å². The fourth-order valence-electron chi connectivity index (χ4n) is 3.28. The van der Waals surface area contributed by atoms with Crippen molar-refractivity contribution in [3.05, 3.63) is 35.4 Å². The third-order valence-corrected chi connectivity index (χ3v) is 4.44. The van der Waals surface area contributed by atoms with Crippen LogP contribution in [0.4, 0.5) is 0 Å². The Morgan fingerprint density at radius 1 is 1.30 bits per heavy atom. The van der Waals surface area contributed by atoms with Crippen molar-refractivity contribution >= 4 is 5.78 Å². The average molecular weight is 273 g/mol. The van der Waals surface area contributed by atoms with Gasteiger partial charge in [0.2, 0.25) is 0 Å². The van der Waals surface area contributed by atoms with Crippen LogP contribution in [0.25, 0.3) is 0 Å². The SMILES string of the molecule is CCCC1CCCCN1CCC(=O)c1ccccc1C. The molecule has 0 radical (unpaired) electrons. The van der Waals surface area contributed by atoms with Gasteiger partial charge in [-0.15, -0.1) is 0 Å². The number of hydrogen-bond donors (Lipinski definition) is 0. The summed E-state index contributed by atoms with van der Waals surface area (Å²) in [6.45, 7) is 6.38. The number of ketones is 1. The van der Waals surface area contributed by atoms with E-state index < -0.39 is 0 Å². The lowest BCUT2D eigenvalue weighted by Crippen LogP contribution is -2.40. The molecule has 0 N–H and O–H groups in total. The van der Waals surface area contributed by atoms with Crippen molar-refractivity contribution < 1.29 is 4.79 Å². The molecular formula is C18H27NO. The minimum Gasteiger partial charge on any atom is -0.300 e. The zero-order valence-corrected chi connectivity index (χ0v) is 12.9. The molecule has 2 heteroatoms. The van der Waals surface area contributed by atoms with E-state index in [1.807, 2.05) is 31.2 Å². The number of aryl methyl sites for hydroxylation is 1. The van der Waals surface area contributed by atoms with Crippen molar-refractivity contribution in [2.75, 3.05) is 13.1 Å². The minimum atomic E-state index is 0.295. The molecule has 110 valence electrons. The van der Waals surface area contributed by atoms with Crippen molar-refractivity contribution in [2.45, 2.75) is 58.4 Å². The molecule has 2 rings (SSSR count). The fourth-order valence-corrected chi connectivity index (χ4v) is 3.28. The van der Waals surface area contributed by atoms with Crippen LogP contribution >= 0.6 is 0 Å². The Hall–Kier alpha value is -1.15. The van der Waals surface area contributed by atoms with Gasteiger partial charge >= 0.3 is 0 Å². The van der Waals surface area contributed by atoms with Gasteiger partial charge in [-0.3, -0.25) is 9.69 Å². The molecule has 1 atom stereocenters. The quantitative estimate of drug-likeness (QED) is 0.723. The predicted octanol–water partition coefficient (Wildman–Crippen LogP) is 4.22. The van der Waals surface area contributed by atoms with Crippen LogP contribution in [-0.2, 0) is 0 Å². The molecule has 0 aromatic heterocycles. The summed E-state index contributed by atoms with van der Waals surface area (Å²) >= 11 is 0. The average Bonchev–Trinajstić information content (AvgIpc) is 2.47.